The number of fused-ring (bicyclic) bond motifs is 5. The Hall–Kier alpha value is -1.39. The lowest BCUT2D eigenvalue weighted by Crippen LogP contribution is -2.53. The number of carbonyl (C=O) groups is 2. The van der Waals surface area contributed by atoms with E-state index in [1.54, 1.807) is 0 Å². The van der Waals surface area contributed by atoms with Crippen molar-refractivity contribution in [3.05, 3.63) is 0 Å². The predicted octanol–water partition coefficient (Wildman–Crippen LogP) is 4.26. The lowest BCUT2D eigenvalue weighted by atomic mass is 9.44. The summed E-state index contributed by atoms with van der Waals surface area (Å²) in [6.45, 7) is 7.01. The van der Waals surface area contributed by atoms with E-state index >= 15 is 0 Å². The predicted molar refractivity (Wildman–Crippen MR) is 106 cm³/mol. The summed E-state index contributed by atoms with van der Waals surface area (Å²) in [5.41, 5.74) is 9.31. The van der Waals surface area contributed by atoms with Gasteiger partial charge in [0.05, 0.1) is 0 Å². The van der Waals surface area contributed by atoms with Gasteiger partial charge in [0.2, 0.25) is 0 Å². The highest BCUT2D eigenvalue weighted by Crippen LogP contribution is 2.67. The van der Waals surface area contributed by atoms with Crippen LogP contribution in [0.3, 0.4) is 0 Å². The van der Waals surface area contributed by atoms with Crippen molar-refractivity contribution in [2.24, 2.45) is 51.3 Å². The van der Waals surface area contributed by atoms with E-state index in [2.05, 4.69) is 24.4 Å². The third-order valence-electron chi connectivity index (χ3n) is 9.33. The van der Waals surface area contributed by atoms with Crippen LogP contribution < -0.4 is 11.2 Å². The summed E-state index contributed by atoms with van der Waals surface area (Å²) in [5.74, 6) is 3.86. The summed E-state index contributed by atoms with van der Waals surface area (Å²) in [7, 11) is 0. The molecule has 5 nitrogen and oxygen atoms in total. The van der Waals surface area contributed by atoms with Crippen molar-refractivity contribution < 1.29 is 9.59 Å². The fourth-order valence-corrected chi connectivity index (χ4v) is 7.95. The molecule has 4 aliphatic rings. The second-order valence-electron chi connectivity index (χ2n) is 10.3. The van der Waals surface area contributed by atoms with E-state index in [1.807, 2.05) is 6.92 Å². The molecule has 0 spiro atoms. The van der Waals surface area contributed by atoms with Gasteiger partial charge in [-0.15, -0.1) is 0 Å². The van der Waals surface area contributed by atoms with E-state index in [9.17, 15) is 9.59 Å². The smallest absolute Gasteiger partial charge is 0.332 e. The minimum atomic E-state index is -0.587. The first-order valence-corrected chi connectivity index (χ1v) is 10.9. The molecule has 4 fully saturated rings. The van der Waals surface area contributed by atoms with Gasteiger partial charge in [-0.3, -0.25) is 4.79 Å². The van der Waals surface area contributed by atoms with E-state index < -0.39 is 6.03 Å². The van der Waals surface area contributed by atoms with Crippen LogP contribution in [0.4, 0.5) is 4.79 Å². The molecular formula is C22H35N3O2. The molecule has 7 atom stereocenters. The molecule has 4 saturated carbocycles. The van der Waals surface area contributed by atoms with E-state index in [1.165, 1.54) is 38.5 Å². The van der Waals surface area contributed by atoms with Gasteiger partial charge in [0.15, 0.2) is 0 Å². The fraction of sp³-hybridized carbons (Fsp3) is 0.864. The summed E-state index contributed by atoms with van der Waals surface area (Å²) in [6, 6.07) is -0.587. The summed E-state index contributed by atoms with van der Waals surface area (Å²) in [5, 5.41) is 4.29. The fourth-order valence-electron chi connectivity index (χ4n) is 7.95. The molecule has 0 aromatic carbocycles. The number of nitrogens with two attached hydrogens (primary N) is 1. The molecule has 150 valence electrons. The number of nitrogens with one attached hydrogen (secondary N) is 1. The highest BCUT2D eigenvalue weighted by molar-refractivity contribution is 5.86. The second kappa shape index (κ2) is 6.59. The van der Waals surface area contributed by atoms with Crippen LogP contribution in [0, 0.1) is 40.4 Å². The number of urea groups is 1. The van der Waals surface area contributed by atoms with Gasteiger partial charge in [0.25, 0.3) is 0 Å². The molecule has 0 aromatic heterocycles. The van der Waals surface area contributed by atoms with E-state index in [-0.39, 0.29) is 5.41 Å². The Morgan fingerprint density at radius 3 is 2.56 bits per heavy atom. The molecule has 0 heterocycles. The van der Waals surface area contributed by atoms with Gasteiger partial charge in [-0.25, -0.2) is 10.2 Å². The summed E-state index contributed by atoms with van der Waals surface area (Å²) >= 11 is 0. The summed E-state index contributed by atoms with van der Waals surface area (Å²) < 4.78 is 0. The molecule has 0 saturated heterocycles. The highest BCUT2D eigenvalue weighted by Gasteiger charge is 2.60. The number of nitrogens with zero attached hydrogens (tertiary/aromatic N) is 1. The quantitative estimate of drug-likeness (QED) is 0.560. The minimum absolute atomic E-state index is 0.280. The van der Waals surface area contributed by atoms with Gasteiger partial charge in [-0.2, -0.15) is 5.10 Å². The van der Waals surface area contributed by atoms with Crippen LogP contribution in [0.5, 0.6) is 0 Å². The Morgan fingerprint density at radius 2 is 1.81 bits per heavy atom. The summed E-state index contributed by atoms with van der Waals surface area (Å²) in [4.78, 5) is 23.1. The Morgan fingerprint density at radius 1 is 1.07 bits per heavy atom. The first-order valence-electron chi connectivity index (χ1n) is 10.9. The Bertz CT molecular complexity index is 674. The Balaban J connectivity index is 1.56. The van der Waals surface area contributed by atoms with Crippen LogP contribution in [-0.2, 0) is 4.79 Å². The molecule has 2 amide bonds. The average Bonchev–Trinajstić information content (AvgIpc) is 2.97. The molecular weight excluding hydrogens is 338 g/mol. The van der Waals surface area contributed by atoms with Crippen LogP contribution in [0.2, 0.25) is 0 Å². The maximum absolute atomic E-state index is 12.0. The van der Waals surface area contributed by atoms with Gasteiger partial charge < -0.3 is 5.73 Å². The zero-order valence-corrected chi connectivity index (χ0v) is 17.1. The van der Waals surface area contributed by atoms with E-state index in [0.717, 1.165) is 42.7 Å². The maximum Gasteiger partial charge on any atom is 0.332 e. The number of hydrogen-bond donors (Lipinski definition) is 2. The Labute approximate surface area is 162 Å². The van der Waals surface area contributed by atoms with Gasteiger partial charge in [-0.1, -0.05) is 13.8 Å². The van der Waals surface area contributed by atoms with Crippen LogP contribution in [0.15, 0.2) is 5.10 Å². The third kappa shape index (κ3) is 2.92. The first kappa shape index (κ1) is 18.9. The van der Waals surface area contributed by atoms with Gasteiger partial charge in [0.1, 0.15) is 5.78 Å². The minimum Gasteiger partial charge on any atom is -0.350 e. The topological polar surface area (TPSA) is 84.5 Å². The van der Waals surface area contributed by atoms with Crippen molar-refractivity contribution in [1.82, 2.24) is 5.43 Å². The van der Waals surface area contributed by atoms with Crippen molar-refractivity contribution >= 4 is 17.5 Å². The number of rotatable bonds is 2. The summed E-state index contributed by atoms with van der Waals surface area (Å²) in [6.07, 6.45) is 10.2. The molecule has 0 aromatic rings. The number of primary amides is 1. The molecule has 4 rings (SSSR count). The maximum atomic E-state index is 12.0. The van der Waals surface area contributed by atoms with Crippen molar-refractivity contribution in [3.63, 3.8) is 0 Å². The third-order valence-corrected chi connectivity index (χ3v) is 9.33. The van der Waals surface area contributed by atoms with Gasteiger partial charge in [-0.05, 0) is 86.4 Å². The van der Waals surface area contributed by atoms with Crippen LogP contribution in [0.1, 0.15) is 78.6 Å². The molecule has 27 heavy (non-hydrogen) atoms. The number of hydrazone groups is 1. The zero-order chi connectivity index (χ0) is 19.4. The van der Waals surface area contributed by atoms with Crippen molar-refractivity contribution in [3.8, 4) is 0 Å². The average molecular weight is 374 g/mol. The lowest BCUT2D eigenvalue weighted by molar-refractivity contribution is -0.138. The first-order chi connectivity index (χ1) is 12.8. The molecule has 0 aliphatic heterocycles. The second-order valence-corrected chi connectivity index (χ2v) is 10.3. The number of hydrogen-bond acceptors (Lipinski definition) is 3. The standard InChI is InChI=1S/C22H35N3O2/c1-13(24-25-20(23)27)17-6-7-18-16-5-4-14-12-15(26)8-10-21(14,2)19(16)9-11-22(17,18)3/h14,16-19H,4-12H2,1-3H3,(H3,23,25,27). The van der Waals surface area contributed by atoms with Crippen molar-refractivity contribution in [2.75, 3.05) is 0 Å². The number of amides is 2. The molecule has 7 unspecified atom stereocenters. The monoisotopic (exact) mass is 373 g/mol. The SMILES string of the molecule is CC(=NNC(N)=O)C1CCC2C3CCC4CC(=O)CCC4(C)C3CCC12C. The lowest BCUT2D eigenvalue weighted by Gasteiger charge is -2.60. The molecule has 0 radical (unpaired) electrons. The van der Waals surface area contributed by atoms with Gasteiger partial charge >= 0.3 is 6.03 Å². The zero-order valence-electron chi connectivity index (χ0n) is 17.1. The number of carbonyl (C=O) groups excluding carboxylic acids is 2. The molecule has 4 aliphatic carbocycles. The number of Topliss-reactive ketones (excluding diaryl/α,β-unsaturated/α-hetero) is 1. The van der Waals surface area contributed by atoms with E-state index in [0.29, 0.717) is 23.0 Å². The van der Waals surface area contributed by atoms with Crippen LogP contribution in [-0.4, -0.2) is 17.5 Å². The molecule has 5 heteroatoms. The van der Waals surface area contributed by atoms with E-state index in [4.69, 9.17) is 5.73 Å². The van der Waals surface area contributed by atoms with Crippen molar-refractivity contribution in [2.45, 2.75) is 78.6 Å². The van der Waals surface area contributed by atoms with Crippen LogP contribution >= 0.6 is 0 Å². The molecule has 3 N–H and O–H groups in total. The molecule has 0 bridgehead atoms. The Kier molecular flexibility index (Phi) is 4.63. The highest BCUT2D eigenvalue weighted by atomic mass is 16.2. The normalized spacial score (nSPS) is 47.0. The number of ketones is 1. The van der Waals surface area contributed by atoms with Crippen LogP contribution in [0.25, 0.3) is 0 Å². The van der Waals surface area contributed by atoms with Gasteiger partial charge in [0, 0.05) is 24.5 Å². The largest absolute Gasteiger partial charge is 0.350 e. The van der Waals surface area contributed by atoms with Crippen molar-refractivity contribution in [1.29, 1.82) is 0 Å².